The van der Waals surface area contributed by atoms with Crippen LogP contribution in [0.4, 0.5) is 11.4 Å². The Morgan fingerprint density at radius 3 is 2.40 bits per heavy atom. The molecule has 0 bridgehead atoms. The van der Waals surface area contributed by atoms with Gasteiger partial charge < -0.3 is 10.1 Å². The molecule has 0 aliphatic rings. The summed E-state index contributed by atoms with van der Waals surface area (Å²) in [7, 11) is -1.84. The van der Waals surface area contributed by atoms with E-state index >= 15 is 0 Å². The van der Waals surface area contributed by atoms with E-state index in [1.165, 1.54) is 11.4 Å². The van der Waals surface area contributed by atoms with Gasteiger partial charge in [0.25, 0.3) is 5.91 Å². The van der Waals surface area contributed by atoms with E-state index in [9.17, 15) is 13.2 Å². The third-order valence-corrected chi connectivity index (χ3v) is 5.60. The van der Waals surface area contributed by atoms with E-state index in [-0.39, 0.29) is 12.5 Å². The lowest BCUT2D eigenvalue weighted by Gasteiger charge is -2.16. The zero-order valence-electron chi connectivity index (χ0n) is 14.1. The van der Waals surface area contributed by atoms with E-state index in [2.05, 4.69) is 21.2 Å². The highest BCUT2D eigenvalue weighted by atomic mass is 79.9. The first kappa shape index (κ1) is 19.3. The predicted octanol–water partition coefficient (Wildman–Crippen LogP) is 3.17. The Hall–Kier alpha value is -2.06. The maximum atomic E-state index is 12.0. The van der Waals surface area contributed by atoms with Crippen molar-refractivity contribution in [2.75, 3.05) is 29.5 Å². The molecule has 0 spiro atoms. The molecule has 134 valence electrons. The first-order chi connectivity index (χ1) is 11.7. The first-order valence-electron chi connectivity index (χ1n) is 7.39. The molecule has 0 unspecified atom stereocenters. The molecule has 6 nitrogen and oxygen atoms in total. The van der Waals surface area contributed by atoms with Crippen molar-refractivity contribution in [1.29, 1.82) is 0 Å². The number of hydrogen-bond donors (Lipinski definition) is 1. The van der Waals surface area contributed by atoms with Crippen LogP contribution in [0.2, 0.25) is 0 Å². The second kappa shape index (κ2) is 7.88. The Kier molecular flexibility index (Phi) is 6.07. The van der Waals surface area contributed by atoms with Crippen molar-refractivity contribution >= 4 is 43.2 Å². The topological polar surface area (TPSA) is 75.7 Å². The molecule has 2 aromatic rings. The van der Waals surface area contributed by atoms with Gasteiger partial charge in [0.2, 0.25) is 10.0 Å². The lowest BCUT2D eigenvalue weighted by Crippen LogP contribution is -2.24. The molecule has 8 heteroatoms. The van der Waals surface area contributed by atoms with Crippen LogP contribution >= 0.6 is 15.9 Å². The summed E-state index contributed by atoms with van der Waals surface area (Å²) in [5.74, 6) is 0.201. The zero-order chi connectivity index (χ0) is 18.6. The monoisotopic (exact) mass is 426 g/mol. The van der Waals surface area contributed by atoms with E-state index in [1.54, 1.807) is 30.3 Å². The van der Waals surface area contributed by atoms with E-state index in [1.807, 2.05) is 19.1 Å². The number of ether oxygens (including phenoxy) is 1. The molecule has 1 amide bonds. The van der Waals surface area contributed by atoms with Gasteiger partial charge in [-0.15, -0.1) is 0 Å². The molecule has 0 saturated heterocycles. The minimum atomic E-state index is -3.31. The maximum Gasteiger partial charge on any atom is 0.262 e. The number of carbonyl (C=O) groups is 1. The molecule has 25 heavy (non-hydrogen) atoms. The van der Waals surface area contributed by atoms with Gasteiger partial charge in [0.05, 0.1) is 11.9 Å². The lowest BCUT2D eigenvalue weighted by molar-refractivity contribution is -0.118. The summed E-state index contributed by atoms with van der Waals surface area (Å²) in [6.45, 7) is 1.79. The Labute approximate surface area is 156 Å². The van der Waals surface area contributed by atoms with Crippen molar-refractivity contribution in [1.82, 2.24) is 0 Å². The van der Waals surface area contributed by atoms with Crippen LogP contribution in [0, 0.1) is 6.92 Å². The van der Waals surface area contributed by atoms with E-state index < -0.39 is 10.0 Å². The van der Waals surface area contributed by atoms with Crippen molar-refractivity contribution in [2.45, 2.75) is 6.92 Å². The summed E-state index contributed by atoms with van der Waals surface area (Å²) in [6.07, 6.45) is 1.13. The number of nitrogens with zero attached hydrogens (tertiary/aromatic N) is 1. The molecule has 0 atom stereocenters. The Bertz CT molecular complexity index is 867. The number of amides is 1. The Morgan fingerprint density at radius 1 is 1.20 bits per heavy atom. The van der Waals surface area contributed by atoms with E-state index in [4.69, 9.17) is 4.74 Å². The second-order valence-corrected chi connectivity index (χ2v) is 8.39. The molecule has 1 N–H and O–H groups in total. The number of anilines is 2. The minimum Gasteiger partial charge on any atom is -0.484 e. The maximum absolute atomic E-state index is 12.0. The normalized spacial score (nSPS) is 11.0. The van der Waals surface area contributed by atoms with Gasteiger partial charge in [-0.1, -0.05) is 15.9 Å². The molecular formula is C17H19BrN2O4S. The smallest absolute Gasteiger partial charge is 0.262 e. The van der Waals surface area contributed by atoms with E-state index in [0.717, 1.165) is 16.3 Å². The Morgan fingerprint density at radius 2 is 1.84 bits per heavy atom. The first-order valence-corrected chi connectivity index (χ1v) is 10.0. The molecule has 0 saturated carbocycles. The van der Waals surface area contributed by atoms with Crippen LogP contribution in [0.5, 0.6) is 5.75 Å². The van der Waals surface area contributed by atoms with Crippen LogP contribution in [0.3, 0.4) is 0 Å². The van der Waals surface area contributed by atoms with Crippen molar-refractivity contribution in [3.05, 3.63) is 52.5 Å². The zero-order valence-corrected chi connectivity index (χ0v) is 16.5. The molecule has 2 aromatic carbocycles. The summed E-state index contributed by atoms with van der Waals surface area (Å²) in [4.78, 5) is 12.0. The van der Waals surface area contributed by atoms with Crippen molar-refractivity contribution in [2.24, 2.45) is 0 Å². The molecule has 0 aromatic heterocycles. The number of carbonyl (C=O) groups excluding carboxylic acids is 1. The highest BCUT2D eigenvalue weighted by molar-refractivity contribution is 9.10. The minimum absolute atomic E-state index is 0.142. The summed E-state index contributed by atoms with van der Waals surface area (Å²) in [6, 6.07) is 12.0. The summed E-state index contributed by atoms with van der Waals surface area (Å²) in [5, 5.41) is 2.76. The molecule has 0 fully saturated rings. The second-order valence-electron chi connectivity index (χ2n) is 5.53. The third kappa shape index (κ3) is 5.47. The summed E-state index contributed by atoms with van der Waals surface area (Å²) >= 11 is 3.41. The SMILES string of the molecule is Cc1cc(NC(=O)COc2ccc(N(C)S(C)(=O)=O)cc2)ccc1Br. The fourth-order valence-electron chi connectivity index (χ4n) is 2.01. The van der Waals surface area contributed by atoms with Gasteiger partial charge >= 0.3 is 0 Å². The highest BCUT2D eigenvalue weighted by Gasteiger charge is 2.12. The average molecular weight is 427 g/mol. The highest BCUT2D eigenvalue weighted by Crippen LogP contribution is 2.21. The van der Waals surface area contributed by atoms with Crippen LogP contribution in [0.15, 0.2) is 46.9 Å². The van der Waals surface area contributed by atoms with Gasteiger partial charge in [-0.3, -0.25) is 9.10 Å². The van der Waals surface area contributed by atoms with Crippen molar-refractivity contribution < 1.29 is 17.9 Å². The van der Waals surface area contributed by atoms with E-state index in [0.29, 0.717) is 17.1 Å². The standard InChI is InChI=1S/C17H19BrN2O4S/c1-12-10-13(4-9-16(12)18)19-17(21)11-24-15-7-5-14(6-8-15)20(2)25(3,22)23/h4-10H,11H2,1-3H3,(H,19,21). The van der Waals surface area contributed by atoms with Gasteiger partial charge in [-0.05, 0) is 55.0 Å². The quantitative estimate of drug-likeness (QED) is 0.769. The summed E-state index contributed by atoms with van der Waals surface area (Å²) in [5.41, 5.74) is 2.23. The molecule has 0 aliphatic heterocycles. The van der Waals surface area contributed by atoms with Crippen LogP contribution in [-0.4, -0.2) is 34.2 Å². The van der Waals surface area contributed by atoms with Gasteiger partial charge in [0.15, 0.2) is 6.61 Å². The van der Waals surface area contributed by atoms with Gasteiger partial charge in [0, 0.05) is 17.2 Å². The molecule has 2 rings (SSSR count). The number of rotatable bonds is 6. The third-order valence-electron chi connectivity index (χ3n) is 3.51. The largest absolute Gasteiger partial charge is 0.484 e. The summed E-state index contributed by atoms with van der Waals surface area (Å²) < 4.78 is 30.5. The predicted molar refractivity (Wildman–Crippen MR) is 103 cm³/mol. The molecule has 0 heterocycles. The fraction of sp³-hybridized carbons (Fsp3) is 0.235. The number of nitrogens with one attached hydrogen (secondary N) is 1. The lowest BCUT2D eigenvalue weighted by atomic mass is 10.2. The van der Waals surface area contributed by atoms with Crippen molar-refractivity contribution in [3.8, 4) is 5.75 Å². The number of halogens is 1. The van der Waals surface area contributed by atoms with Crippen LogP contribution in [0.25, 0.3) is 0 Å². The number of hydrogen-bond acceptors (Lipinski definition) is 4. The Balaban J connectivity index is 1.92. The van der Waals surface area contributed by atoms with Gasteiger partial charge in [0.1, 0.15) is 5.75 Å². The molecule has 0 radical (unpaired) electrons. The van der Waals surface area contributed by atoms with Gasteiger partial charge in [-0.25, -0.2) is 8.42 Å². The average Bonchev–Trinajstić information content (AvgIpc) is 2.55. The van der Waals surface area contributed by atoms with Crippen LogP contribution < -0.4 is 14.4 Å². The van der Waals surface area contributed by atoms with Crippen LogP contribution in [-0.2, 0) is 14.8 Å². The molecule has 0 aliphatic carbocycles. The fourth-order valence-corrected chi connectivity index (χ4v) is 2.76. The number of aryl methyl sites for hydroxylation is 1. The van der Waals surface area contributed by atoms with Crippen molar-refractivity contribution in [3.63, 3.8) is 0 Å². The van der Waals surface area contributed by atoms with Gasteiger partial charge in [-0.2, -0.15) is 0 Å². The molecular weight excluding hydrogens is 408 g/mol. The van der Waals surface area contributed by atoms with Crippen LogP contribution in [0.1, 0.15) is 5.56 Å². The number of benzene rings is 2. The number of sulfonamides is 1.